The van der Waals surface area contributed by atoms with Crippen LogP contribution in [0.15, 0.2) is 34.5 Å². The van der Waals surface area contributed by atoms with Gasteiger partial charge >= 0.3 is 5.97 Å². The van der Waals surface area contributed by atoms with Crippen molar-refractivity contribution in [1.82, 2.24) is 0 Å². The number of unbranched alkanes of at least 4 members (excludes halogenated alkanes) is 1. The molecule has 0 radical (unpaired) electrons. The Morgan fingerprint density at radius 1 is 1.24 bits per heavy atom. The van der Waals surface area contributed by atoms with Crippen LogP contribution in [0.25, 0.3) is 0 Å². The summed E-state index contributed by atoms with van der Waals surface area (Å²) in [6.07, 6.45) is 2.86. The summed E-state index contributed by atoms with van der Waals surface area (Å²) in [5.74, 6) is -1.42. The highest BCUT2D eigenvalue weighted by molar-refractivity contribution is 6.42. The summed E-state index contributed by atoms with van der Waals surface area (Å²) in [6.45, 7) is 8.38. The SMILES string of the molecule is CCCCOC(=O)C1C(C)=NC2=C(C(=O)CC(C)(C)C2)[C@H]1c1ccc(Cl)c(Cl)c1. The molecule has 0 saturated carbocycles. The zero-order valence-corrected chi connectivity index (χ0v) is 18.9. The molecule has 2 atom stereocenters. The number of rotatable bonds is 5. The van der Waals surface area contributed by atoms with Gasteiger partial charge in [-0.25, -0.2) is 0 Å². The molecule has 0 amide bonds. The van der Waals surface area contributed by atoms with Crippen molar-refractivity contribution in [2.45, 2.75) is 59.3 Å². The summed E-state index contributed by atoms with van der Waals surface area (Å²) < 4.78 is 5.54. The number of ketones is 1. The first kappa shape index (κ1) is 22.0. The Morgan fingerprint density at radius 3 is 2.62 bits per heavy atom. The van der Waals surface area contributed by atoms with Crippen LogP contribution < -0.4 is 0 Å². The van der Waals surface area contributed by atoms with Crippen LogP contribution in [-0.4, -0.2) is 24.1 Å². The monoisotopic (exact) mass is 435 g/mol. The van der Waals surface area contributed by atoms with Gasteiger partial charge in [0.1, 0.15) is 5.92 Å². The third-order valence-corrected chi connectivity index (χ3v) is 6.34. The van der Waals surface area contributed by atoms with Gasteiger partial charge in [0.15, 0.2) is 5.78 Å². The molecule has 0 fully saturated rings. The molecular formula is C23H27Cl2NO3. The molecule has 1 aliphatic carbocycles. The van der Waals surface area contributed by atoms with E-state index in [0.717, 1.165) is 24.1 Å². The Morgan fingerprint density at radius 2 is 1.97 bits per heavy atom. The van der Waals surface area contributed by atoms with Crippen LogP contribution in [0.5, 0.6) is 0 Å². The van der Waals surface area contributed by atoms with E-state index in [1.807, 2.05) is 19.9 Å². The average Bonchev–Trinajstić information content (AvgIpc) is 2.61. The van der Waals surface area contributed by atoms with Gasteiger partial charge in [0.2, 0.25) is 0 Å². The van der Waals surface area contributed by atoms with Gasteiger partial charge in [-0.05, 0) is 42.9 Å². The van der Waals surface area contributed by atoms with Crippen LogP contribution in [-0.2, 0) is 14.3 Å². The highest BCUT2D eigenvalue weighted by Gasteiger charge is 2.46. The topological polar surface area (TPSA) is 55.7 Å². The van der Waals surface area contributed by atoms with E-state index in [-0.39, 0.29) is 17.2 Å². The number of ether oxygens (including phenoxy) is 1. The lowest BCUT2D eigenvalue weighted by Crippen LogP contribution is -2.39. The molecule has 156 valence electrons. The second-order valence-electron chi connectivity index (χ2n) is 8.70. The van der Waals surface area contributed by atoms with Crippen LogP contribution in [0.4, 0.5) is 0 Å². The Hall–Kier alpha value is -1.65. The van der Waals surface area contributed by atoms with Gasteiger partial charge in [-0.1, -0.05) is 56.5 Å². The molecule has 1 heterocycles. The lowest BCUT2D eigenvalue weighted by atomic mass is 9.67. The molecule has 3 rings (SSSR count). The summed E-state index contributed by atoms with van der Waals surface area (Å²) in [5.41, 5.74) is 2.69. The number of Topliss-reactive ketones (excluding diaryl/α,β-unsaturated/α-hetero) is 1. The predicted octanol–water partition coefficient (Wildman–Crippen LogP) is 6.15. The van der Waals surface area contributed by atoms with E-state index >= 15 is 0 Å². The number of benzene rings is 1. The van der Waals surface area contributed by atoms with Crippen molar-refractivity contribution in [3.05, 3.63) is 45.1 Å². The Labute approximate surface area is 182 Å². The molecule has 1 aromatic carbocycles. The molecule has 1 unspecified atom stereocenters. The number of nitrogens with zero attached hydrogens (tertiary/aromatic N) is 1. The predicted molar refractivity (Wildman–Crippen MR) is 117 cm³/mol. The van der Waals surface area contributed by atoms with Gasteiger partial charge in [0.25, 0.3) is 0 Å². The highest BCUT2D eigenvalue weighted by Crippen LogP contribution is 2.48. The smallest absolute Gasteiger partial charge is 0.315 e. The summed E-state index contributed by atoms with van der Waals surface area (Å²) >= 11 is 12.4. The lowest BCUT2D eigenvalue weighted by molar-refractivity contribution is -0.146. The highest BCUT2D eigenvalue weighted by atomic mass is 35.5. The van der Waals surface area contributed by atoms with Crippen LogP contribution in [0.2, 0.25) is 10.0 Å². The molecule has 0 saturated heterocycles. The number of hydrogen-bond donors (Lipinski definition) is 0. The molecule has 6 heteroatoms. The van der Waals surface area contributed by atoms with Crippen molar-refractivity contribution < 1.29 is 14.3 Å². The number of aliphatic imine (C=N–C) groups is 1. The Kier molecular flexibility index (Phi) is 6.54. The molecule has 2 aliphatic rings. The summed E-state index contributed by atoms with van der Waals surface area (Å²) in [5, 5.41) is 0.831. The second kappa shape index (κ2) is 8.61. The van der Waals surface area contributed by atoms with E-state index in [4.69, 9.17) is 32.9 Å². The number of halogens is 2. The van der Waals surface area contributed by atoms with E-state index in [0.29, 0.717) is 40.8 Å². The first-order valence-electron chi connectivity index (χ1n) is 10.1. The molecular weight excluding hydrogens is 409 g/mol. The third kappa shape index (κ3) is 4.59. The van der Waals surface area contributed by atoms with Crippen LogP contribution in [0.1, 0.15) is 64.9 Å². The molecule has 4 nitrogen and oxygen atoms in total. The number of hydrogen-bond acceptors (Lipinski definition) is 4. The van der Waals surface area contributed by atoms with Crippen molar-refractivity contribution in [2.75, 3.05) is 6.61 Å². The first-order valence-corrected chi connectivity index (χ1v) is 10.8. The van der Waals surface area contributed by atoms with E-state index < -0.39 is 11.8 Å². The molecule has 1 aliphatic heterocycles. The van der Waals surface area contributed by atoms with Gasteiger partial charge in [-0.3, -0.25) is 14.6 Å². The molecule has 0 aromatic heterocycles. The lowest BCUT2D eigenvalue weighted by Gasteiger charge is -2.39. The molecule has 0 spiro atoms. The van der Waals surface area contributed by atoms with Crippen molar-refractivity contribution in [3.63, 3.8) is 0 Å². The zero-order chi connectivity index (χ0) is 21.3. The molecule has 0 N–H and O–H groups in total. The number of allylic oxidation sites excluding steroid dienone is 2. The minimum absolute atomic E-state index is 0.0370. The Bertz CT molecular complexity index is 901. The number of esters is 1. The molecule has 0 bridgehead atoms. The fourth-order valence-corrected chi connectivity index (χ4v) is 4.53. The maximum atomic E-state index is 13.2. The van der Waals surface area contributed by atoms with Crippen LogP contribution in [0.3, 0.4) is 0 Å². The van der Waals surface area contributed by atoms with Gasteiger partial charge in [0.05, 0.1) is 16.7 Å². The second-order valence-corrected chi connectivity index (χ2v) is 9.52. The van der Waals surface area contributed by atoms with E-state index in [9.17, 15) is 9.59 Å². The van der Waals surface area contributed by atoms with Crippen LogP contribution in [0, 0.1) is 11.3 Å². The van der Waals surface area contributed by atoms with E-state index in [2.05, 4.69) is 13.8 Å². The molecule has 1 aromatic rings. The van der Waals surface area contributed by atoms with Gasteiger partial charge < -0.3 is 4.74 Å². The summed E-state index contributed by atoms with van der Waals surface area (Å²) in [4.78, 5) is 30.9. The van der Waals surface area contributed by atoms with E-state index in [1.54, 1.807) is 12.1 Å². The van der Waals surface area contributed by atoms with Crippen LogP contribution >= 0.6 is 23.2 Å². The van der Waals surface area contributed by atoms with Gasteiger partial charge in [0, 0.05) is 29.3 Å². The average molecular weight is 436 g/mol. The van der Waals surface area contributed by atoms with Crippen molar-refractivity contribution >= 4 is 40.7 Å². The summed E-state index contributed by atoms with van der Waals surface area (Å²) in [6, 6.07) is 5.29. The van der Waals surface area contributed by atoms with Crippen molar-refractivity contribution in [3.8, 4) is 0 Å². The standard InChI is InChI=1S/C23H27Cl2NO3/c1-5-6-9-29-22(28)19-13(2)26-17-11-23(3,4)12-18(27)21(17)20(19)14-7-8-15(24)16(25)10-14/h7-8,10,19-20H,5-6,9,11-12H2,1-4H3/t19?,20-/m0/s1. The Balaban J connectivity index is 2.10. The maximum Gasteiger partial charge on any atom is 0.315 e. The third-order valence-electron chi connectivity index (χ3n) is 5.60. The minimum Gasteiger partial charge on any atom is -0.465 e. The first-order chi connectivity index (χ1) is 13.6. The largest absolute Gasteiger partial charge is 0.465 e. The fraction of sp³-hybridized carbons (Fsp3) is 0.522. The van der Waals surface area contributed by atoms with Crippen molar-refractivity contribution in [2.24, 2.45) is 16.3 Å². The fourth-order valence-electron chi connectivity index (χ4n) is 4.22. The molecule has 29 heavy (non-hydrogen) atoms. The minimum atomic E-state index is -0.645. The van der Waals surface area contributed by atoms with Gasteiger partial charge in [-0.15, -0.1) is 0 Å². The van der Waals surface area contributed by atoms with Crippen molar-refractivity contribution in [1.29, 1.82) is 0 Å². The number of carbonyl (C=O) groups is 2. The van der Waals surface area contributed by atoms with E-state index in [1.165, 1.54) is 0 Å². The maximum absolute atomic E-state index is 13.2. The number of carbonyl (C=O) groups excluding carboxylic acids is 2. The quantitative estimate of drug-likeness (QED) is 0.411. The van der Waals surface area contributed by atoms with Gasteiger partial charge in [-0.2, -0.15) is 0 Å². The summed E-state index contributed by atoms with van der Waals surface area (Å²) in [7, 11) is 0. The normalized spacial score (nSPS) is 23.5. The zero-order valence-electron chi connectivity index (χ0n) is 17.4.